The summed E-state index contributed by atoms with van der Waals surface area (Å²) < 4.78 is 5.29. The molecule has 0 aromatic heterocycles. The minimum absolute atomic E-state index is 0.0918. The third kappa shape index (κ3) is 3.68. The molecule has 2 aliphatic heterocycles. The lowest BCUT2D eigenvalue weighted by Gasteiger charge is -2.39. The maximum Gasteiger partial charge on any atom is 0.410 e. The van der Waals surface area contributed by atoms with Crippen LogP contribution in [0.15, 0.2) is 0 Å². The number of imide groups is 1. The molecule has 2 rings (SSSR count). The van der Waals surface area contributed by atoms with E-state index in [2.05, 4.69) is 0 Å². The number of rotatable bonds is 1. The molecule has 2 heterocycles. The van der Waals surface area contributed by atoms with Crippen LogP contribution in [-0.2, 0) is 9.53 Å². The van der Waals surface area contributed by atoms with Crippen LogP contribution in [0, 0.1) is 0 Å². The highest BCUT2D eigenvalue weighted by atomic mass is 32.2. The van der Waals surface area contributed by atoms with Gasteiger partial charge in [0.2, 0.25) is 5.91 Å². The van der Waals surface area contributed by atoms with E-state index in [0.717, 1.165) is 16.7 Å². The van der Waals surface area contributed by atoms with Crippen molar-refractivity contribution in [2.75, 3.05) is 18.8 Å². The van der Waals surface area contributed by atoms with Gasteiger partial charge < -0.3 is 14.7 Å². The van der Waals surface area contributed by atoms with E-state index < -0.39 is 23.8 Å². The summed E-state index contributed by atoms with van der Waals surface area (Å²) in [6, 6.07) is -0.693. The van der Waals surface area contributed by atoms with Crippen LogP contribution in [0.4, 0.5) is 9.59 Å². The van der Waals surface area contributed by atoms with E-state index in [1.165, 1.54) is 4.90 Å². The number of likely N-dealkylation sites (tertiary alicyclic amines) is 1. The van der Waals surface area contributed by atoms with Crippen molar-refractivity contribution in [2.24, 2.45) is 0 Å². The molecule has 0 bridgehead atoms. The van der Waals surface area contributed by atoms with E-state index in [0.29, 0.717) is 13.0 Å². The van der Waals surface area contributed by atoms with Gasteiger partial charge in [-0.2, -0.15) is 0 Å². The Morgan fingerprint density at radius 2 is 2.05 bits per heavy atom. The van der Waals surface area contributed by atoms with Crippen LogP contribution in [0.1, 0.15) is 27.2 Å². The smallest absolute Gasteiger partial charge is 0.410 e. The fourth-order valence-electron chi connectivity index (χ4n) is 2.35. The second kappa shape index (κ2) is 5.84. The van der Waals surface area contributed by atoms with Gasteiger partial charge in [0, 0.05) is 13.1 Å². The first-order valence-electron chi connectivity index (χ1n) is 6.84. The normalized spacial score (nSPS) is 27.2. The number of ether oxygens (including phenoxy) is 1. The molecule has 8 heteroatoms. The van der Waals surface area contributed by atoms with E-state index in [9.17, 15) is 19.5 Å². The van der Waals surface area contributed by atoms with Crippen LogP contribution in [0.5, 0.6) is 0 Å². The van der Waals surface area contributed by atoms with Gasteiger partial charge in [0.05, 0.1) is 17.9 Å². The van der Waals surface area contributed by atoms with Gasteiger partial charge in [-0.25, -0.2) is 4.79 Å². The zero-order valence-corrected chi connectivity index (χ0v) is 13.2. The highest BCUT2D eigenvalue weighted by Crippen LogP contribution is 2.27. The van der Waals surface area contributed by atoms with Crippen LogP contribution in [0.3, 0.4) is 0 Å². The van der Waals surface area contributed by atoms with E-state index in [1.807, 2.05) is 0 Å². The summed E-state index contributed by atoms with van der Waals surface area (Å²) in [7, 11) is 0. The van der Waals surface area contributed by atoms with E-state index in [4.69, 9.17) is 4.74 Å². The second-order valence-electron chi connectivity index (χ2n) is 6.17. The summed E-state index contributed by atoms with van der Waals surface area (Å²) in [5.41, 5.74) is -0.613. The largest absolute Gasteiger partial charge is 0.444 e. The summed E-state index contributed by atoms with van der Waals surface area (Å²) in [5.74, 6) is -0.228. The van der Waals surface area contributed by atoms with Crippen molar-refractivity contribution in [3.63, 3.8) is 0 Å². The molecule has 21 heavy (non-hydrogen) atoms. The van der Waals surface area contributed by atoms with Gasteiger partial charge in [-0.3, -0.25) is 14.5 Å². The summed E-state index contributed by atoms with van der Waals surface area (Å²) in [6.45, 7) is 5.76. The molecule has 2 fully saturated rings. The summed E-state index contributed by atoms with van der Waals surface area (Å²) >= 11 is 0.920. The standard InChI is InChI=1S/C13H20N2O5S/c1-13(2,3)20-11(18)14-5-4-9(16)8(6-14)15-10(17)7-21-12(15)19/h8-9,16H,4-7H2,1-3H3/t8-,9-/m1/s1. The zero-order valence-electron chi connectivity index (χ0n) is 12.4. The average molecular weight is 316 g/mol. The zero-order chi connectivity index (χ0) is 15.8. The predicted octanol–water partition coefficient (Wildman–Crippen LogP) is 1.05. The van der Waals surface area contributed by atoms with Gasteiger partial charge in [0.25, 0.3) is 5.24 Å². The average Bonchev–Trinajstić information content (AvgIpc) is 2.68. The molecular formula is C13H20N2O5S. The molecule has 0 aliphatic carbocycles. The Hall–Kier alpha value is -1.28. The fraction of sp³-hybridized carbons (Fsp3) is 0.769. The summed E-state index contributed by atoms with van der Waals surface area (Å²) in [4.78, 5) is 38.1. The molecule has 0 aromatic rings. The minimum atomic E-state index is -0.810. The minimum Gasteiger partial charge on any atom is -0.444 e. The molecule has 7 nitrogen and oxygen atoms in total. The Balaban J connectivity index is 2.07. The van der Waals surface area contributed by atoms with Crippen molar-refractivity contribution >= 4 is 29.0 Å². The number of hydrogen-bond donors (Lipinski definition) is 1. The first-order chi connectivity index (χ1) is 9.69. The molecule has 0 aromatic carbocycles. The first kappa shape index (κ1) is 16.1. The van der Waals surface area contributed by atoms with Crippen molar-refractivity contribution in [1.82, 2.24) is 9.80 Å². The number of piperidine rings is 1. The fourth-order valence-corrected chi connectivity index (χ4v) is 3.11. The topological polar surface area (TPSA) is 87.2 Å². The third-order valence-corrected chi connectivity index (χ3v) is 4.15. The van der Waals surface area contributed by atoms with Crippen LogP contribution in [-0.4, -0.2) is 68.7 Å². The van der Waals surface area contributed by atoms with Crippen LogP contribution in [0.2, 0.25) is 0 Å². The molecule has 0 saturated carbocycles. The molecule has 0 radical (unpaired) electrons. The monoisotopic (exact) mass is 316 g/mol. The van der Waals surface area contributed by atoms with E-state index in [1.54, 1.807) is 20.8 Å². The van der Waals surface area contributed by atoms with Gasteiger partial charge in [0.15, 0.2) is 0 Å². The van der Waals surface area contributed by atoms with Crippen molar-refractivity contribution in [3.8, 4) is 0 Å². The van der Waals surface area contributed by atoms with Crippen molar-refractivity contribution < 1.29 is 24.2 Å². The maximum atomic E-state index is 12.1. The van der Waals surface area contributed by atoms with Crippen molar-refractivity contribution in [1.29, 1.82) is 0 Å². The summed E-state index contributed by atoms with van der Waals surface area (Å²) in [5, 5.41) is 9.70. The molecule has 2 saturated heterocycles. The molecule has 0 spiro atoms. The molecular weight excluding hydrogens is 296 g/mol. The number of aliphatic hydroxyl groups excluding tert-OH is 1. The second-order valence-corrected chi connectivity index (χ2v) is 7.09. The SMILES string of the molecule is CC(C)(C)OC(=O)N1CC[C@@H](O)[C@H](N2C(=O)CSC2=O)C1. The number of thioether (sulfide) groups is 1. The van der Waals surface area contributed by atoms with Gasteiger partial charge >= 0.3 is 6.09 Å². The predicted molar refractivity (Wildman–Crippen MR) is 76.9 cm³/mol. The highest BCUT2D eigenvalue weighted by Gasteiger charge is 2.43. The maximum absolute atomic E-state index is 12.1. The first-order valence-corrected chi connectivity index (χ1v) is 7.82. The van der Waals surface area contributed by atoms with Gasteiger partial charge in [-0.15, -0.1) is 0 Å². The Bertz CT molecular complexity index is 446. The highest BCUT2D eigenvalue weighted by molar-refractivity contribution is 8.14. The third-order valence-electron chi connectivity index (χ3n) is 3.31. The molecule has 2 atom stereocenters. The van der Waals surface area contributed by atoms with E-state index in [-0.39, 0.29) is 23.4 Å². The Labute approximate surface area is 127 Å². The van der Waals surface area contributed by atoms with Crippen LogP contribution >= 0.6 is 11.8 Å². The molecule has 0 unspecified atom stereocenters. The van der Waals surface area contributed by atoms with Crippen molar-refractivity contribution in [3.05, 3.63) is 0 Å². The lowest BCUT2D eigenvalue weighted by Crippen LogP contribution is -2.58. The van der Waals surface area contributed by atoms with E-state index >= 15 is 0 Å². The lowest BCUT2D eigenvalue weighted by atomic mass is 10.0. The number of aliphatic hydroxyl groups is 1. The van der Waals surface area contributed by atoms with Gasteiger partial charge in [-0.1, -0.05) is 11.8 Å². The Morgan fingerprint density at radius 3 is 2.57 bits per heavy atom. The number of carbonyl (C=O) groups excluding carboxylic acids is 3. The van der Waals surface area contributed by atoms with Gasteiger partial charge in [0.1, 0.15) is 5.60 Å². The molecule has 1 N–H and O–H groups in total. The Morgan fingerprint density at radius 1 is 1.38 bits per heavy atom. The number of amides is 3. The number of hydrogen-bond acceptors (Lipinski definition) is 6. The van der Waals surface area contributed by atoms with Gasteiger partial charge in [-0.05, 0) is 27.2 Å². The quantitative estimate of drug-likeness (QED) is 0.778. The lowest BCUT2D eigenvalue weighted by molar-refractivity contribution is -0.129. The van der Waals surface area contributed by atoms with Crippen molar-refractivity contribution in [2.45, 2.75) is 44.9 Å². The number of carbonyl (C=O) groups is 3. The molecule has 118 valence electrons. The van der Waals surface area contributed by atoms with Crippen LogP contribution in [0.25, 0.3) is 0 Å². The Kier molecular flexibility index (Phi) is 4.48. The van der Waals surface area contributed by atoms with Crippen LogP contribution < -0.4 is 0 Å². The summed E-state index contributed by atoms with van der Waals surface area (Å²) in [6.07, 6.45) is -0.993. The number of nitrogens with zero attached hydrogens (tertiary/aromatic N) is 2. The molecule has 2 aliphatic rings. The molecule has 3 amide bonds.